The standard InChI is InChI=1S/C23H24N6O3/c1-13-8-15(4-6-24-13)23-27-21(14(2)32-23)22(31)26-18-10-19-16(11-25-28(19)3)9-20(18)29-7-5-17(30)12-29/h4,6,8-11,17,30H,5,7,12H2,1-3H3,(H,26,31). The molecule has 5 rings (SSSR count). The lowest BCUT2D eigenvalue weighted by atomic mass is 10.1. The van der Waals surface area contributed by atoms with E-state index in [0.717, 1.165) is 27.8 Å². The highest BCUT2D eigenvalue weighted by Crippen LogP contribution is 2.34. The van der Waals surface area contributed by atoms with E-state index in [1.165, 1.54) is 0 Å². The molecule has 4 heterocycles. The van der Waals surface area contributed by atoms with Crippen molar-refractivity contribution >= 4 is 28.2 Å². The second-order valence-corrected chi connectivity index (χ2v) is 8.15. The van der Waals surface area contributed by atoms with Crippen molar-refractivity contribution in [1.82, 2.24) is 19.7 Å². The highest BCUT2D eigenvalue weighted by atomic mass is 16.4. The van der Waals surface area contributed by atoms with Crippen LogP contribution in [0.25, 0.3) is 22.4 Å². The van der Waals surface area contributed by atoms with Gasteiger partial charge in [0, 0.05) is 43.0 Å². The van der Waals surface area contributed by atoms with Crippen LogP contribution in [0.3, 0.4) is 0 Å². The van der Waals surface area contributed by atoms with Gasteiger partial charge in [-0.05, 0) is 44.5 Å². The van der Waals surface area contributed by atoms with E-state index >= 15 is 0 Å². The van der Waals surface area contributed by atoms with Gasteiger partial charge in [-0.1, -0.05) is 0 Å². The number of carbonyl (C=O) groups excluding carboxylic acids is 1. The van der Waals surface area contributed by atoms with Crippen molar-refractivity contribution in [3.8, 4) is 11.5 Å². The lowest BCUT2D eigenvalue weighted by Crippen LogP contribution is -2.23. The van der Waals surface area contributed by atoms with Gasteiger partial charge >= 0.3 is 0 Å². The number of nitrogens with zero attached hydrogens (tertiary/aromatic N) is 5. The van der Waals surface area contributed by atoms with Crippen LogP contribution >= 0.6 is 0 Å². The van der Waals surface area contributed by atoms with Crippen LogP contribution in [0.5, 0.6) is 0 Å². The molecule has 4 aromatic rings. The lowest BCUT2D eigenvalue weighted by molar-refractivity contribution is 0.102. The van der Waals surface area contributed by atoms with Crippen molar-refractivity contribution in [2.24, 2.45) is 7.05 Å². The number of β-amino-alcohol motifs (C(OH)–C–C–N with tert-alkyl or cyclic N) is 1. The molecule has 9 heteroatoms. The molecule has 0 saturated carbocycles. The van der Waals surface area contributed by atoms with Crippen LogP contribution in [0, 0.1) is 13.8 Å². The predicted octanol–water partition coefficient (Wildman–Crippen LogP) is 3.06. The van der Waals surface area contributed by atoms with Gasteiger partial charge in [0.1, 0.15) is 5.76 Å². The highest BCUT2D eigenvalue weighted by Gasteiger charge is 2.25. The number of rotatable bonds is 4. The maximum Gasteiger partial charge on any atom is 0.277 e. The van der Waals surface area contributed by atoms with Gasteiger partial charge in [-0.3, -0.25) is 14.5 Å². The number of aromatic nitrogens is 4. The fourth-order valence-corrected chi connectivity index (χ4v) is 4.10. The number of amides is 1. The number of oxazole rings is 1. The van der Waals surface area contributed by atoms with Crippen LogP contribution in [0.4, 0.5) is 11.4 Å². The van der Waals surface area contributed by atoms with Crippen LogP contribution in [0.2, 0.25) is 0 Å². The Hall–Kier alpha value is -3.72. The first-order valence-electron chi connectivity index (χ1n) is 10.5. The molecule has 0 spiro atoms. The van der Waals surface area contributed by atoms with Crippen molar-refractivity contribution in [1.29, 1.82) is 0 Å². The average Bonchev–Trinajstić information content (AvgIpc) is 3.46. The molecule has 32 heavy (non-hydrogen) atoms. The maximum atomic E-state index is 13.2. The van der Waals surface area contributed by atoms with Gasteiger partial charge in [0.25, 0.3) is 5.91 Å². The number of pyridine rings is 1. The topological polar surface area (TPSA) is 109 Å². The van der Waals surface area contributed by atoms with Gasteiger partial charge in [0.2, 0.25) is 5.89 Å². The Morgan fingerprint density at radius 3 is 2.88 bits per heavy atom. The molecule has 164 valence electrons. The molecule has 1 aliphatic heterocycles. The number of aliphatic hydroxyl groups excluding tert-OH is 1. The zero-order valence-electron chi connectivity index (χ0n) is 18.2. The smallest absolute Gasteiger partial charge is 0.277 e. The molecule has 1 unspecified atom stereocenters. The molecule has 1 fully saturated rings. The maximum absolute atomic E-state index is 13.2. The molecule has 1 aromatic carbocycles. The molecule has 9 nitrogen and oxygen atoms in total. The molecule has 1 saturated heterocycles. The SMILES string of the molecule is Cc1cc(-c2nc(C(=O)Nc3cc4c(cnn4C)cc3N3CCC(O)C3)c(C)o2)ccn1. The number of hydrogen-bond acceptors (Lipinski definition) is 7. The minimum atomic E-state index is -0.382. The van der Waals surface area contributed by atoms with Gasteiger partial charge in [0.15, 0.2) is 5.69 Å². The van der Waals surface area contributed by atoms with Crippen LogP contribution in [0.15, 0.2) is 41.1 Å². The van der Waals surface area contributed by atoms with Gasteiger partial charge in [-0.25, -0.2) is 4.98 Å². The first kappa shape index (κ1) is 20.2. The Kier molecular flexibility index (Phi) is 4.90. The van der Waals surface area contributed by atoms with Crippen molar-refractivity contribution in [3.63, 3.8) is 0 Å². The third kappa shape index (κ3) is 3.60. The summed E-state index contributed by atoms with van der Waals surface area (Å²) in [5.41, 5.74) is 4.22. The summed E-state index contributed by atoms with van der Waals surface area (Å²) in [5, 5.41) is 18.3. The van der Waals surface area contributed by atoms with E-state index in [1.54, 1.807) is 30.1 Å². The summed E-state index contributed by atoms with van der Waals surface area (Å²) in [4.78, 5) is 23.9. The second-order valence-electron chi connectivity index (χ2n) is 8.15. The molecule has 3 aromatic heterocycles. The molecule has 0 aliphatic carbocycles. The summed E-state index contributed by atoms with van der Waals surface area (Å²) in [6, 6.07) is 7.56. The third-order valence-electron chi connectivity index (χ3n) is 5.77. The van der Waals surface area contributed by atoms with E-state index in [2.05, 4.69) is 25.3 Å². The largest absolute Gasteiger partial charge is 0.441 e. The lowest BCUT2D eigenvalue weighted by Gasteiger charge is -2.22. The number of anilines is 2. The van der Waals surface area contributed by atoms with Crippen LogP contribution in [-0.4, -0.2) is 50.0 Å². The number of hydrogen-bond donors (Lipinski definition) is 2. The Labute approximate surface area is 184 Å². The zero-order valence-corrected chi connectivity index (χ0v) is 18.2. The molecule has 0 bridgehead atoms. The quantitative estimate of drug-likeness (QED) is 0.510. The van der Waals surface area contributed by atoms with E-state index < -0.39 is 0 Å². The Bertz CT molecular complexity index is 1320. The predicted molar refractivity (Wildman–Crippen MR) is 121 cm³/mol. The monoisotopic (exact) mass is 432 g/mol. The number of nitrogens with one attached hydrogen (secondary N) is 1. The first-order chi connectivity index (χ1) is 15.4. The summed E-state index contributed by atoms with van der Waals surface area (Å²) in [6.45, 7) is 4.84. The molecular formula is C23H24N6O3. The first-order valence-corrected chi connectivity index (χ1v) is 10.5. The second kappa shape index (κ2) is 7.76. The van der Waals surface area contributed by atoms with E-state index in [-0.39, 0.29) is 17.7 Å². The van der Waals surface area contributed by atoms with Crippen molar-refractivity contribution < 1.29 is 14.3 Å². The molecule has 2 N–H and O–H groups in total. The molecular weight excluding hydrogens is 408 g/mol. The Morgan fingerprint density at radius 1 is 1.28 bits per heavy atom. The zero-order chi connectivity index (χ0) is 22.4. The van der Waals surface area contributed by atoms with Crippen LogP contribution < -0.4 is 10.2 Å². The Balaban J connectivity index is 1.50. The molecule has 0 radical (unpaired) electrons. The van der Waals surface area contributed by atoms with E-state index in [0.29, 0.717) is 36.8 Å². The molecule has 1 aliphatic rings. The summed E-state index contributed by atoms with van der Waals surface area (Å²) >= 11 is 0. The van der Waals surface area contributed by atoms with E-state index in [1.807, 2.05) is 32.2 Å². The van der Waals surface area contributed by atoms with Crippen LogP contribution in [-0.2, 0) is 7.05 Å². The number of fused-ring (bicyclic) bond motifs is 1. The van der Waals surface area contributed by atoms with Gasteiger partial charge in [-0.2, -0.15) is 5.10 Å². The molecule has 1 atom stereocenters. The van der Waals surface area contributed by atoms with Gasteiger partial charge < -0.3 is 19.7 Å². The minimum absolute atomic E-state index is 0.229. The number of benzene rings is 1. The van der Waals surface area contributed by atoms with E-state index in [4.69, 9.17) is 4.42 Å². The normalized spacial score (nSPS) is 16.1. The fourth-order valence-electron chi connectivity index (χ4n) is 4.10. The highest BCUT2D eigenvalue weighted by molar-refractivity contribution is 6.07. The third-order valence-corrected chi connectivity index (χ3v) is 5.77. The summed E-state index contributed by atoms with van der Waals surface area (Å²) in [7, 11) is 1.86. The number of carbonyl (C=O) groups is 1. The summed E-state index contributed by atoms with van der Waals surface area (Å²) in [5.74, 6) is 0.459. The average molecular weight is 432 g/mol. The minimum Gasteiger partial charge on any atom is -0.441 e. The number of aliphatic hydroxyl groups is 1. The van der Waals surface area contributed by atoms with Crippen molar-refractivity contribution in [3.05, 3.63) is 53.8 Å². The fraction of sp³-hybridized carbons (Fsp3) is 0.304. The van der Waals surface area contributed by atoms with Crippen LogP contribution in [0.1, 0.15) is 28.4 Å². The summed E-state index contributed by atoms with van der Waals surface area (Å²) in [6.07, 6.45) is 3.79. The van der Waals surface area contributed by atoms with E-state index in [9.17, 15) is 9.90 Å². The number of aryl methyl sites for hydroxylation is 3. The molecule has 1 amide bonds. The van der Waals surface area contributed by atoms with Gasteiger partial charge in [0.05, 0.1) is 29.2 Å². The van der Waals surface area contributed by atoms with Gasteiger partial charge in [-0.15, -0.1) is 0 Å². The summed E-state index contributed by atoms with van der Waals surface area (Å²) < 4.78 is 7.54. The van der Waals surface area contributed by atoms with Crippen molar-refractivity contribution in [2.45, 2.75) is 26.4 Å². The van der Waals surface area contributed by atoms with Crippen molar-refractivity contribution in [2.75, 3.05) is 23.3 Å². The Morgan fingerprint density at radius 2 is 2.12 bits per heavy atom.